The van der Waals surface area contributed by atoms with Gasteiger partial charge in [-0.15, -0.1) is 0 Å². The third kappa shape index (κ3) is 2.43. The number of aromatic hydroxyl groups is 1. The third-order valence-electron chi connectivity index (χ3n) is 2.57. The second kappa shape index (κ2) is 4.77. The Morgan fingerprint density at radius 3 is 2.41 bits per heavy atom. The van der Waals surface area contributed by atoms with Gasteiger partial charge in [-0.1, -0.05) is 40.2 Å². The van der Waals surface area contributed by atoms with Gasteiger partial charge in [-0.25, -0.2) is 0 Å². The molecular formula is C13H12BrNO2. The lowest BCUT2D eigenvalue weighted by atomic mass is 9.99. The van der Waals surface area contributed by atoms with Crippen LogP contribution < -0.4 is 5.73 Å². The van der Waals surface area contributed by atoms with Crippen LogP contribution in [-0.2, 0) is 0 Å². The van der Waals surface area contributed by atoms with E-state index in [0.29, 0.717) is 16.8 Å². The fraction of sp³-hybridized carbons (Fsp3) is 0.0769. The number of phenolic OH excluding ortho intramolecular Hbond substituents is 1. The number of aliphatic hydroxyl groups excluding tert-OH is 1. The Kier molecular flexibility index (Phi) is 3.36. The highest BCUT2D eigenvalue weighted by atomic mass is 79.9. The largest absolute Gasteiger partial charge is 0.508 e. The van der Waals surface area contributed by atoms with E-state index in [-0.39, 0.29) is 5.75 Å². The molecule has 0 aliphatic heterocycles. The molecule has 3 nitrogen and oxygen atoms in total. The van der Waals surface area contributed by atoms with Crippen molar-refractivity contribution in [3.05, 3.63) is 58.1 Å². The van der Waals surface area contributed by atoms with E-state index in [1.54, 1.807) is 36.4 Å². The average molecular weight is 294 g/mol. The van der Waals surface area contributed by atoms with Gasteiger partial charge < -0.3 is 15.9 Å². The first-order valence-electron chi connectivity index (χ1n) is 5.10. The average Bonchev–Trinajstić information content (AvgIpc) is 2.29. The summed E-state index contributed by atoms with van der Waals surface area (Å²) in [5, 5.41) is 19.9. The van der Waals surface area contributed by atoms with Crippen molar-refractivity contribution in [3.63, 3.8) is 0 Å². The summed E-state index contributed by atoms with van der Waals surface area (Å²) in [7, 11) is 0. The Labute approximate surface area is 108 Å². The number of benzene rings is 2. The first-order valence-corrected chi connectivity index (χ1v) is 5.90. The molecule has 2 aromatic rings. The van der Waals surface area contributed by atoms with Crippen molar-refractivity contribution >= 4 is 21.6 Å². The number of nitrogen functional groups attached to an aromatic ring is 1. The minimum Gasteiger partial charge on any atom is -0.508 e. The molecule has 4 heteroatoms. The predicted octanol–water partition coefficient (Wildman–Crippen LogP) is 2.82. The molecule has 1 unspecified atom stereocenters. The maximum atomic E-state index is 10.2. The van der Waals surface area contributed by atoms with Crippen molar-refractivity contribution in [2.75, 3.05) is 5.73 Å². The molecular weight excluding hydrogens is 282 g/mol. The molecule has 0 aliphatic rings. The number of para-hydroxylation sites is 1. The van der Waals surface area contributed by atoms with Crippen molar-refractivity contribution in [2.45, 2.75) is 6.10 Å². The van der Waals surface area contributed by atoms with Gasteiger partial charge >= 0.3 is 0 Å². The maximum Gasteiger partial charge on any atom is 0.121 e. The number of rotatable bonds is 2. The fourth-order valence-corrected chi connectivity index (χ4v) is 2.06. The van der Waals surface area contributed by atoms with E-state index in [1.807, 2.05) is 0 Å². The Bertz CT molecular complexity index is 543. The molecule has 88 valence electrons. The zero-order valence-electron chi connectivity index (χ0n) is 8.97. The minimum atomic E-state index is -0.927. The van der Waals surface area contributed by atoms with E-state index in [2.05, 4.69) is 15.9 Å². The first-order chi connectivity index (χ1) is 8.09. The standard InChI is InChI=1S/C13H12BrNO2/c14-8-5-6-9(11(15)7-8)13(17)10-3-1-2-4-12(10)16/h1-7,13,16-17H,15H2. The normalized spacial score (nSPS) is 12.4. The van der Waals surface area contributed by atoms with Crippen LogP contribution in [0.4, 0.5) is 5.69 Å². The van der Waals surface area contributed by atoms with Crippen molar-refractivity contribution in [3.8, 4) is 5.75 Å². The lowest BCUT2D eigenvalue weighted by Crippen LogP contribution is -2.03. The fourth-order valence-electron chi connectivity index (χ4n) is 1.68. The zero-order valence-corrected chi connectivity index (χ0v) is 10.6. The second-order valence-corrected chi connectivity index (χ2v) is 4.65. The Hall–Kier alpha value is -1.52. The summed E-state index contributed by atoms with van der Waals surface area (Å²) < 4.78 is 0.850. The molecule has 0 radical (unpaired) electrons. The summed E-state index contributed by atoms with van der Waals surface area (Å²) in [6.07, 6.45) is -0.927. The summed E-state index contributed by atoms with van der Waals surface area (Å²) >= 11 is 3.31. The quantitative estimate of drug-likeness (QED) is 0.746. The van der Waals surface area contributed by atoms with E-state index in [1.165, 1.54) is 6.07 Å². The molecule has 4 N–H and O–H groups in total. The Morgan fingerprint density at radius 1 is 1.06 bits per heavy atom. The number of halogens is 1. The highest BCUT2D eigenvalue weighted by Gasteiger charge is 2.16. The van der Waals surface area contributed by atoms with Crippen LogP contribution in [0, 0.1) is 0 Å². The summed E-state index contributed by atoms with van der Waals surface area (Å²) in [5.74, 6) is 0.0577. The van der Waals surface area contributed by atoms with Gasteiger partial charge in [0.1, 0.15) is 11.9 Å². The molecule has 0 bridgehead atoms. The van der Waals surface area contributed by atoms with Crippen LogP contribution in [0.15, 0.2) is 46.9 Å². The SMILES string of the molecule is Nc1cc(Br)ccc1C(O)c1ccccc1O. The van der Waals surface area contributed by atoms with Gasteiger partial charge in [0.2, 0.25) is 0 Å². The molecule has 0 heterocycles. The number of hydrogen-bond donors (Lipinski definition) is 3. The second-order valence-electron chi connectivity index (χ2n) is 3.73. The molecule has 2 aromatic carbocycles. The molecule has 0 spiro atoms. The summed E-state index contributed by atoms with van der Waals surface area (Å²) in [5.41, 5.74) is 7.34. The van der Waals surface area contributed by atoms with Crippen molar-refractivity contribution in [1.82, 2.24) is 0 Å². The topological polar surface area (TPSA) is 66.5 Å². The number of aliphatic hydroxyl groups is 1. The van der Waals surface area contributed by atoms with Crippen LogP contribution in [0.5, 0.6) is 5.75 Å². The number of phenols is 1. The molecule has 1 atom stereocenters. The highest BCUT2D eigenvalue weighted by molar-refractivity contribution is 9.10. The van der Waals surface area contributed by atoms with Gasteiger partial charge in [-0.2, -0.15) is 0 Å². The Morgan fingerprint density at radius 2 is 1.76 bits per heavy atom. The van der Waals surface area contributed by atoms with Gasteiger partial charge in [0.25, 0.3) is 0 Å². The van der Waals surface area contributed by atoms with Crippen molar-refractivity contribution in [1.29, 1.82) is 0 Å². The molecule has 0 amide bonds. The molecule has 17 heavy (non-hydrogen) atoms. The monoisotopic (exact) mass is 293 g/mol. The van der Waals surface area contributed by atoms with Gasteiger partial charge in [0.15, 0.2) is 0 Å². The number of anilines is 1. The number of nitrogens with two attached hydrogens (primary N) is 1. The molecule has 0 saturated carbocycles. The zero-order chi connectivity index (χ0) is 12.4. The van der Waals surface area contributed by atoms with Gasteiger partial charge in [0, 0.05) is 21.3 Å². The summed E-state index contributed by atoms with van der Waals surface area (Å²) in [6, 6.07) is 11.9. The van der Waals surface area contributed by atoms with E-state index in [0.717, 1.165) is 4.47 Å². The van der Waals surface area contributed by atoms with Crippen LogP contribution in [0.2, 0.25) is 0 Å². The van der Waals surface area contributed by atoms with Crippen LogP contribution in [-0.4, -0.2) is 10.2 Å². The highest BCUT2D eigenvalue weighted by Crippen LogP contribution is 2.32. The minimum absolute atomic E-state index is 0.0577. The number of hydrogen-bond acceptors (Lipinski definition) is 3. The smallest absolute Gasteiger partial charge is 0.121 e. The lowest BCUT2D eigenvalue weighted by molar-refractivity contribution is 0.216. The third-order valence-corrected chi connectivity index (χ3v) is 3.07. The van der Waals surface area contributed by atoms with Crippen molar-refractivity contribution < 1.29 is 10.2 Å². The van der Waals surface area contributed by atoms with Gasteiger partial charge in [-0.05, 0) is 18.2 Å². The molecule has 0 fully saturated rings. The summed E-state index contributed by atoms with van der Waals surface area (Å²) in [4.78, 5) is 0. The molecule has 0 aromatic heterocycles. The molecule has 0 saturated heterocycles. The van der Waals surface area contributed by atoms with E-state index >= 15 is 0 Å². The lowest BCUT2D eigenvalue weighted by Gasteiger charge is -2.15. The van der Waals surface area contributed by atoms with Crippen LogP contribution in [0.25, 0.3) is 0 Å². The van der Waals surface area contributed by atoms with Gasteiger partial charge in [-0.3, -0.25) is 0 Å². The maximum absolute atomic E-state index is 10.2. The van der Waals surface area contributed by atoms with Crippen LogP contribution in [0.3, 0.4) is 0 Å². The molecule has 2 rings (SSSR count). The first kappa shape index (κ1) is 12.0. The Balaban J connectivity index is 2.44. The van der Waals surface area contributed by atoms with Crippen molar-refractivity contribution in [2.24, 2.45) is 0 Å². The molecule has 0 aliphatic carbocycles. The van der Waals surface area contributed by atoms with E-state index < -0.39 is 6.10 Å². The predicted molar refractivity (Wildman–Crippen MR) is 70.7 cm³/mol. The summed E-state index contributed by atoms with van der Waals surface area (Å²) in [6.45, 7) is 0. The van der Waals surface area contributed by atoms with Gasteiger partial charge in [0.05, 0.1) is 0 Å². The van der Waals surface area contributed by atoms with Crippen LogP contribution in [0.1, 0.15) is 17.2 Å². The van der Waals surface area contributed by atoms with E-state index in [9.17, 15) is 10.2 Å². The van der Waals surface area contributed by atoms with Crippen LogP contribution >= 0.6 is 15.9 Å². The van der Waals surface area contributed by atoms with E-state index in [4.69, 9.17) is 5.73 Å².